The second-order valence-corrected chi connectivity index (χ2v) is 3.13. The van der Waals surface area contributed by atoms with Crippen LogP contribution < -0.4 is 5.32 Å². The van der Waals surface area contributed by atoms with Gasteiger partial charge < -0.3 is 5.32 Å². The summed E-state index contributed by atoms with van der Waals surface area (Å²) < 4.78 is 13.1. The van der Waals surface area contributed by atoms with Crippen LogP contribution in [0.4, 0.5) is 15.8 Å². The number of rotatable bonds is 3. The number of nitro benzene ring substituents is 1. The van der Waals surface area contributed by atoms with Crippen LogP contribution in [0.1, 0.15) is 0 Å². The molecule has 19 heavy (non-hydrogen) atoms. The highest BCUT2D eigenvalue weighted by atomic mass is 19.1. The Kier molecular flexibility index (Phi) is 4.13. The Labute approximate surface area is 106 Å². The van der Waals surface area contributed by atoms with Crippen LogP contribution in [0.2, 0.25) is 0 Å². The number of nitro groups is 1. The first kappa shape index (κ1) is 13.6. The molecule has 0 aromatic heterocycles. The van der Waals surface area contributed by atoms with Crippen molar-refractivity contribution in [2.75, 3.05) is 5.32 Å². The molecule has 0 saturated heterocycles. The van der Waals surface area contributed by atoms with Crippen LogP contribution in [0.3, 0.4) is 0 Å². The number of benzene rings is 1. The molecular formula is C11H4FN5O2. The maximum absolute atomic E-state index is 13.1. The van der Waals surface area contributed by atoms with Gasteiger partial charge in [-0.3, -0.25) is 10.1 Å². The van der Waals surface area contributed by atoms with Gasteiger partial charge in [-0.1, -0.05) is 0 Å². The molecule has 0 bridgehead atoms. The minimum Gasteiger partial charge on any atom is -0.345 e. The summed E-state index contributed by atoms with van der Waals surface area (Å²) in [6.07, 6.45) is 0. The van der Waals surface area contributed by atoms with Gasteiger partial charge in [-0.2, -0.15) is 20.2 Å². The Balaban J connectivity index is 3.22. The molecule has 0 aliphatic heterocycles. The van der Waals surface area contributed by atoms with Gasteiger partial charge in [0.2, 0.25) is 5.82 Å². The minimum absolute atomic E-state index is 0.0210. The monoisotopic (exact) mass is 257 g/mol. The SMILES string of the molecule is N#CC(C#N)=C(C#N)Nc1ccc(F)c([N+](=O)[O-])c1. The lowest BCUT2D eigenvalue weighted by atomic mass is 10.2. The highest BCUT2D eigenvalue weighted by molar-refractivity contribution is 5.60. The van der Waals surface area contributed by atoms with E-state index in [1.165, 1.54) is 12.1 Å². The van der Waals surface area contributed by atoms with E-state index in [-0.39, 0.29) is 11.4 Å². The van der Waals surface area contributed by atoms with Crippen LogP contribution in [0, 0.1) is 49.9 Å². The molecule has 0 aliphatic rings. The van der Waals surface area contributed by atoms with Crippen LogP contribution in [0.25, 0.3) is 0 Å². The predicted octanol–water partition coefficient (Wildman–Crippen LogP) is 1.97. The number of halogens is 1. The van der Waals surface area contributed by atoms with Gasteiger partial charge in [0.25, 0.3) is 0 Å². The lowest BCUT2D eigenvalue weighted by molar-refractivity contribution is -0.387. The maximum atomic E-state index is 13.1. The summed E-state index contributed by atoms with van der Waals surface area (Å²) >= 11 is 0. The van der Waals surface area contributed by atoms with Crippen molar-refractivity contribution in [3.63, 3.8) is 0 Å². The Bertz CT molecular complexity index is 675. The van der Waals surface area contributed by atoms with Crippen molar-refractivity contribution in [3.05, 3.63) is 45.4 Å². The third-order valence-corrected chi connectivity index (χ3v) is 2.00. The molecule has 0 aliphatic carbocycles. The van der Waals surface area contributed by atoms with Gasteiger partial charge in [-0.25, -0.2) is 0 Å². The van der Waals surface area contributed by atoms with E-state index in [4.69, 9.17) is 15.8 Å². The highest BCUT2D eigenvalue weighted by Crippen LogP contribution is 2.22. The first-order chi connectivity index (χ1) is 9.03. The summed E-state index contributed by atoms with van der Waals surface area (Å²) in [5.74, 6) is -1.03. The molecule has 0 amide bonds. The van der Waals surface area contributed by atoms with Crippen LogP contribution >= 0.6 is 0 Å². The second-order valence-electron chi connectivity index (χ2n) is 3.13. The van der Waals surface area contributed by atoms with E-state index in [1.54, 1.807) is 6.07 Å². The summed E-state index contributed by atoms with van der Waals surface area (Å²) in [5, 5.41) is 38.9. The van der Waals surface area contributed by atoms with Gasteiger partial charge in [0, 0.05) is 11.8 Å². The zero-order valence-corrected chi connectivity index (χ0v) is 9.22. The van der Waals surface area contributed by atoms with Crippen LogP contribution in [-0.4, -0.2) is 4.92 Å². The van der Waals surface area contributed by atoms with E-state index < -0.39 is 22.0 Å². The van der Waals surface area contributed by atoms with Crippen LogP contribution in [0.15, 0.2) is 29.5 Å². The Hall–Kier alpha value is -3.44. The fraction of sp³-hybridized carbons (Fsp3) is 0. The highest BCUT2D eigenvalue weighted by Gasteiger charge is 2.15. The molecule has 0 atom stereocenters. The molecule has 92 valence electrons. The molecule has 1 aromatic carbocycles. The fourth-order valence-corrected chi connectivity index (χ4v) is 1.16. The van der Waals surface area contributed by atoms with Crippen molar-refractivity contribution < 1.29 is 9.31 Å². The number of anilines is 1. The van der Waals surface area contributed by atoms with E-state index in [2.05, 4.69) is 5.32 Å². The summed E-state index contributed by atoms with van der Waals surface area (Å²) in [6.45, 7) is 0. The molecular weight excluding hydrogens is 253 g/mol. The molecule has 0 radical (unpaired) electrons. The summed E-state index contributed by atoms with van der Waals surface area (Å²) in [7, 11) is 0. The average Bonchev–Trinajstić information content (AvgIpc) is 2.40. The maximum Gasteiger partial charge on any atom is 0.306 e. The summed E-state index contributed by atoms with van der Waals surface area (Å²) in [4.78, 5) is 9.61. The Morgan fingerprint density at radius 1 is 1.26 bits per heavy atom. The zero-order chi connectivity index (χ0) is 14.4. The molecule has 1 aromatic rings. The van der Waals surface area contributed by atoms with Gasteiger partial charge >= 0.3 is 5.69 Å². The molecule has 8 heteroatoms. The first-order valence-corrected chi connectivity index (χ1v) is 4.69. The van der Waals surface area contributed by atoms with E-state index in [1.807, 2.05) is 0 Å². The Morgan fingerprint density at radius 2 is 1.89 bits per heavy atom. The van der Waals surface area contributed by atoms with Crippen LogP contribution in [0.5, 0.6) is 0 Å². The third-order valence-electron chi connectivity index (χ3n) is 2.00. The van der Waals surface area contributed by atoms with E-state index in [0.717, 1.165) is 18.2 Å². The number of nitrogens with zero attached hydrogens (tertiary/aromatic N) is 4. The predicted molar refractivity (Wildman–Crippen MR) is 60.5 cm³/mol. The van der Waals surface area contributed by atoms with Gasteiger partial charge in [0.15, 0.2) is 5.57 Å². The smallest absolute Gasteiger partial charge is 0.306 e. The quantitative estimate of drug-likeness (QED) is 0.501. The third kappa shape index (κ3) is 3.02. The lowest BCUT2D eigenvalue weighted by Gasteiger charge is -2.04. The molecule has 1 N–H and O–H groups in total. The Morgan fingerprint density at radius 3 is 2.37 bits per heavy atom. The van der Waals surface area contributed by atoms with Crippen molar-refractivity contribution in [2.45, 2.75) is 0 Å². The number of hydrogen-bond acceptors (Lipinski definition) is 6. The largest absolute Gasteiger partial charge is 0.345 e. The number of nitrogens with one attached hydrogen (secondary N) is 1. The second kappa shape index (κ2) is 5.76. The normalized spacial score (nSPS) is 8.53. The molecule has 0 spiro atoms. The standard InChI is InChI=1S/C11H4FN5O2/c12-9-2-1-8(3-11(9)17(18)19)16-10(6-15)7(4-13)5-14/h1-3,16H. The molecule has 0 saturated carbocycles. The van der Waals surface area contributed by atoms with E-state index >= 15 is 0 Å². The van der Waals surface area contributed by atoms with E-state index in [0.29, 0.717) is 0 Å². The van der Waals surface area contributed by atoms with Crippen LogP contribution in [-0.2, 0) is 0 Å². The fourth-order valence-electron chi connectivity index (χ4n) is 1.16. The minimum atomic E-state index is -1.03. The van der Waals surface area contributed by atoms with Gasteiger partial charge in [-0.15, -0.1) is 0 Å². The van der Waals surface area contributed by atoms with Gasteiger partial charge in [-0.05, 0) is 12.1 Å². The lowest BCUT2D eigenvalue weighted by Crippen LogP contribution is -2.02. The molecule has 0 unspecified atom stereocenters. The summed E-state index contributed by atoms with van der Waals surface area (Å²) in [6, 6.07) is 7.42. The van der Waals surface area contributed by atoms with Crippen molar-refractivity contribution >= 4 is 11.4 Å². The van der Waals surface area contributed by atoms with Crippen molar-refractivity contribution in [3.8, 4) is 18.2 Å². The summed E-state index contributed by atoms with van der Waals surface area (Å²) in [5.41, 5.74) is -1.61. The van der Waals surface area contributed by atoms with Gasteiger partial charge in [0.1, 0.15) is 23.9 Å². The first-order valence-electron chi connectivity index (χ1n) is 4.69. The molecule has 0 fully saturated rings. The van der Waals surface area contributed by atoms with Crippen molar-refractivity contribution in [2.24, 2.45) is 0 Å². The zero-order valence-electron chi connectivity index (χ0n) is 9.22. The van der Waals surface area contributed by atoms with Gasteiger partial charge in [0.05, 0.1) is 4.92 Å². The topological polar surface area (TPSA) is 127 Å². The number of nitriles is 3. The molecule has 7 nitrogen and oxygen atoms in total. The van der Waals surface area contributed by atoms with Crippen molar-refractivity contribution in [1.29, 1.82) is 15.8 Å². The number of hydrogen-bond donors (Lipinski definition) is 1. The molecule has 0 heterocycles. The number of allylic oxidation sites excluding steroid dienone is 2. The van der Waals surface area contributed by atoms with E-state index in [9.17, 15) is 14.5 Å². The average molecular weight is 257 g/mol. The molecule has 1 rings (SSSR count). The van der Waals surface area contributed by atoms with Crippen molar-refractivity contribution in [1.82, 2.24) is 0 Å².